The van der Waals surface area contributed by atoms with E-state index in [1.165, 1.54) is 0 Å². The van der Waals surface area contributed by atoms with E-state index < -0.39 is 5.54 Å². The Hall–Kier alpha value is -2.41. The predicted octanol–water partition coefficient (Wildman–Crippen LogP) is 2.86. The zero-order valence-electron chi connectivity index (χ0n) is 16.9. The summed E-state index contributed by atoms with van der Waals surface area (Å²) < 4.78 is 10.3. The van der Waals surface area contributed by atoms with Crippen molar-refractivity contribution in [2.24, 2.45) is 10.9 Å². The van der Waals surface area contributed by atoms with Gasteiger partial charge in [0, 0.05) is 25.1 Å². The summed E-state index contributed by atoms with van der Waals surface area (Å²) in [7, 11) is 3.24. The van der Waals surface area contributed by atoms with E-state index in [9.17, 15) is 9.59 Å². The van der Waals surface area contributed by atoms with Gasteiger partial charge in [0.1, 0.15) is 17.1 Å². The molecule has 0 bridgehead atoms. The predicted molar refractivity (Wildman–Crippen MR) is 108 cm³/mol. The lowest BCUT2D eigenvalue weighted by molar-refractivity contribution is -0.134. The largest absolute Gasteiger partial charge is 0.497 e. The summed E-state index contributed by atoms with van der Waals surface area (Å²) >= 11 is 0. The minimum atomic E-state index is -0.685. The zero-order chi connectivity index (χ0) is 20.1. The number of benzene rings is 1. The third-order valence-corrected chi connectivity index (χ3v) is 5.67. The summed E-state index contributed by atoms with van der Waals surface area (Å²) in [5.41, 5.74) is 0.0655. The summed E-state index contributed by atoms with van der Waals surface area (Å²) in [5, 5.41) is 2.97. The maximum Gasteiger partial charge on any atom is 0.255 e. The Morgan fingerprint density at radius 1 is 1.25 bits per heavy atom. The summed E-state index contributed by atoms with van der Waals surface area (Å²) in [4.78, 5) is 32.2. The molecule has 0 unspecified atom stereocenters. The van der Waals surface area contributed by atoms with Gasteiger partial charge in [-0.2, -0.15) is 0 Å². The number of carbonyl (C=O) groups excluding carboxylic acids is 2. The molecule has 1 aliphatic carbocycles. The van der Waals surface area contributed by atoms with Crippen molar-refractivity contribution in [3.05, 3.63) is 24.3 Å². The second kappa shape index (κ2) is 8.73. The highest BCUT2D eigenvalue weighted by Crippen LogP contribution is 2.40. The molecule has 1 N–H and O–H groups in total. The molecule has 2 amide bonds. The van der Waals surface area contributed by atoms with Crippen LogP contribution in [-0.2, 0) is 14.3 Å². The average Bonchev–Trinajstić information content (AvgIpc) is 2.98. The molecule has 0 atom stereocenters. The number of nitrogens with zero attached hydrogens (tertiary/aromatic N) is 2. The number of amides is 2. The van der Waals surface area contributed by atoms with E-state index >= 15 is 0 Å². The van der Waals surface area contributed by atoms with Crippen LogP contribution in [0.15, 0.2) is 29.3 Å². The molecule has 1 aliphatic heterocycles. The molecule has 3 rings (SSSR count). The minimum Gasteiger partial charge on any atom is -0.497 e. The number of aliphatic imine (C=N–C) groups is 1. The number of amidine groups is 1. The number of hydrogen-bond donors (Lipinski definition) is 1. The molecule has 28 heavy (non-hydrogen) atoms. The molecule has 152 valence electrons. The Morgan fingerprint density at radius 3 is 2.50 bits per heavy atom. The van der Waals surface area contributed by atoms with Crippen molar-refractivity contribution < 1.29 is 19.1 Å². The minimum absolute atomic E-state index is 0.00129. The molecule has 1 aromatic carbocycles. The van der Waals surface area contributed by atoms with Crippen LogP contribution in [0, 0.1) is 5.92 Å². The topological polar surface area (TPSA) is 80.2 Å². The van der Waals surface area contributed by atoms with Gasteiger partial charge in [0.15, 0.2) is 0 Å². The molecular weight excluding hydrogens is 358 g/mol. The fourth-order valence-corrected chi connectivity index (χ4v) is 4.01. The van der Waals surface area contributed by atoms with Crippen LogP contribution >= 0.6 is 0 Å². The number of ether oxygens (including phenoxy) is 2. The maximum atomic E-state index is 13.0. The monoisotopic (exact) mass is 387 g/mol. The molecular formula is C21H29N3O4. The summed E-state index contributed by atoms with van der Waals surface area (Å²) in [6.45, 7) is 3.04. The Kier molecular flexibility index (Phi) is 6.34. The molecule has 0 aromatic heterocycles. The van der Waals surface area contributed by atoms with Crippen LogP contribution in [0.4, 0.5) is 5.69 Å². The van der Waals surface area contributed by atoms with E-state index in [1.54, 1.807) is 19.1 Å². The van der Waals surface area contributed by atoms with Gasteiger partial charge in [-0.3, -0.25) is 19.5 Å². The van der Waals surface area contributed by atoms with E-state index in [-0.39, 0.29) is 17.7 Å². The van der Waals surface area contributed by atoms with Crippen LogP contribution in [0.25, 0.3) is 0 Å². The average molecular weight is 387 g/mol. The van der Waals surface area contributed by atoms with Crippen molar-refractivity contribution >= 4 is 23.3 Å². The Labute approximate surface area is 166 Å². The molecule has 0 saturated heterocycles. The lowest BCUT2D eigenvalue weighted by atomic mass is 9.76. The first-order valence-corrected chi connectivity index (χ1v) is 9.87. The van der Waals surface area contributed by atoms with E-state index in [1.807, 2.05) is 31.2 Å². The number of carbonyl (C=O) groups is 2. The van der Waals surface area contributed by atoms with Gasteiger partial charge in [-0.25, -0.2) is 0 Å². The maximum absolute atomic E-state index is 13.0. The Morgan fingerprint density at radius 2 is 1.93 bits per heavy atom. The summed E-state index contributed by atoms with van der Waals surface area (Å²) in [6.07, 6.45) is 3.26. The number of methoxy groups -OCH3 is 2. The van der Waals surface area contributed by atoms with Gasteiger partial charge in [-0.05, 0) is 49.9 Å². The standard InChI is InChI=1S/C21H29N3O4/c1-4-18-23-21(20(26)24(18)13-14-27-2)11-9-15(10-12-21)19(25)22-16-5-7-17(28-3)8-6-16/h5-8,15H,4,9-14H2,1-3H3,(H,22,25). The number of hydrogen-bond acceptors (Lipinski definition) is 5. The van der Waals surface area contributed by atoms with Gasteiger partial charge < -0.3 is 14.8 Å². The van der Waals surface area contributed by atoms with Gasteiger partial charge >= 0.3 is 0 Å². The molecule has 1 fully saturated rings. The number of rotatable bonds is 7. The quantitative estimate of drug-likeness (QED) is 0.780. The molecule has 7 heteroatoms. The normalized spacial score (nSPS) is 24.4. The van der Waals surface area contributed by atoms with Crippen LogP contribution in [0.3, 0.4) is 0 Å². The van der Waals surface area contributed by atoms with Gasteiger partial charge in [0.25, 0.3) is 5.91 Å². The van der Waals surface area contributed by atoms with Crippen molar-refractivity contribution in [1.29, 1.82) is 0 Å². The molecule has 1 aromatic rings. The van der Waals surface area contributed by atoms with Crippen LogP contribution in [0.2, 0.25) is 0 Å². The molecule has 1 heterocycles. The van der Waals surface area contributed by atoms with E-state index in [0.29, 0.717) is 38.8 Å². The fraction of sp³-hybridized carbons (Fsp3) is 0.571. The number of anilines is 1. The zero-order valence-corrected chi connectivity index (χ0v) is 16.9. The van der Waals surface area contributed by atoms with Crippen LogP contribution in [0.1, 0.15) is 39.0 Å². The lowest BCUT2D eigenvalue weighted by Crippen LogP contribution is -2.46. The molecule has 1 spiro atoms. The van der Waals surface area contributed by atoms with Crippen LogP contribution in [0.5, 0.6) is 5.75 Å². The highest BCUT2D eigenvalue weighted by Gasteiger charge is 2.49. The van der Waals surface area contributed by atoms with Crippen molar-refractivity contribution in [2.45, 2.75) is 44.6 Å². The van der Waals surface area contributed by atoms with Crippen LogP contribution in [-0.4, -0.2) is 55.5 Å². The van der Waals surface area contributed by atoms with Gasteiger partial charge in [0.2, 0.25) is 5.91 Å². The second-order valence-corrected chi connectivity index (χ2v) is 7.35. The van der Waals surface area contributed by atoms with Crippen molar-refractivity contribution in [3.63, 3.8) is 0 Å². The highest BCUT2D eigenvalue weighted by atomic mass is 16.5. The lowest BCUT2D eigenvalue weighted by Gasteiger charge is -2.33. The van der Waals surface area contributed by atoms with Gasteiger partial charge in [-0.1, -0.05) is 6.92 Å². The van der Waals surface area contributed by atoms with E-state index in [4.69, 9.17) is 14.5 Å². The van der Waals surface area contributed by atoms with Crippen molar-refractivity contribution in [3.8, 4) is 5.75 Å². The molecule has 7 nitrogen and oxygen atoms in total. The third-order valence-electron chi connectivity index (χ3n) is 5.67. The van der Waals surface area contributed by atoms with Crippen molar-refractivity contribution in [2.75, 3.05) is 32.7 Å². The van der Waals surface area contributed by atoms with E-state index in [2.05, 4.69) is 5.32 Å². The third kappa shape index (κ3) is 4.04. The smallest absolute Gasteiger partial charge is 0.255 e. The Balaban J connectivity index is 1.60. The first-order valence-electron chi connectivity index (χ1n) is 9.87. The molecule has 1 saturated carbocycles. The number of nitrogens with one attached hydrogen (secondary N) is 1. The van der Waals surface area contributed by atoms with Gasteiger partial charge in [0.05, 0.1) is 20.3 Å². The first-order chi connectivity index (χ1) is 13.5. The molecule has 0 radical (unpaired) electrons. The summed E-state index contributed by atoms with van der Waals surface area (Å²) in [5.74, 6) is 1.55. The fourth-order valence-electron chi connectivity index (χ4n) is 4.01. The summed E-state index contributed by atoms with van der Waals surface area (Å²) in [6, 6.07) is 7.29. The molecule has 2 aliphatic rings. The van der Waals surface area contributed by atoms with E-state index in [0.717, 1.165) is 23.7 Å². The highest BCUT2D eigenvalue weighted by molar-refractivity contribution is 6.08. The van der Waals surface area contributed by atoms with Crippen LogP contribution < -0.4 is 10.1 Å². The Bertz CT molecular complexity index is 737. The SMILES string of the molecule is CCC1=NC2(CCC(C(=O)Nc3ccc(OC)cc3)CC2)C(=O)N1CCOC. The second-order valence-electron chi connectivity index (χ2n) is 7.35. The van der Waals surface area contributed by atoms with Gasteiger partial charge in [-0.15, -0.1) is 0 Å². The first kappa shape index (κ1) is 20.3. The van der Waals surface area contributed by atoms with Crippen molar-refractivity contribution in [1.82, 2.24) is 4.90 Å².